The molecule has 1 aliphatic heterocycles. The van der Waals surface area contributed by atoms with E-state index in [1.165, 1.54) is 0 Å². The second-order valence-corrected chi connectivity index (χ2v) is 6.58. The van der Waals surface area contributed by atoms with Crippen LogP contribution < -0.4 is 5.32 Å². The number of rotatable bonds is 4. The van der Waals surface area contributed by atoms with E-state index in [0.29, 0.717) is 18.7 Å². The molecule has 23 heavy (non-hydrogen) atoms. The average Bonchev–Trinajstić information content (AvgIpc) is 2.95. The molecule has 1 saturated heterocycles. The van der Waals surface area contributed by atoms with Gasteiger partial charge in [-0.15, -0.1) is 0 Å². The molecule has 0 bridgehead atoms. The number of nitrogens with one attached hydrogen (secondary N) is 1. The van der Waals surface area contributed by atoms with Crippen LogP contribution in [0.2, 0.25) is 0 Å². The molecule has 122 valence electrons. The van der Waals surface area contributed by atoms with Crippen molar-refractivity contribution in [1.82, 2.24) is 15.2 Å². The number of carbonyl (C=O) groups is 1. The lowest BCUT2D eigenvalue weighted by atomic mass is 10.1. The fraction of sp³-hybridized carbons (Fsp3) is 0.412. The molecule has 6 heteroatoms. The summed E-state index contributed by atoms with van der Waals surface area (Å²) in [6.45, 7) is 5.25. The van der Waals surface area contributed by atoms with Gasteiger partial charge in [-0.05, 0) is 19.1 Å². The second-order valence-electron chi connectivity index (χ2n) is 5.66. The predicted molar refractivity (Wildman–Crippen MR) is 92.1 cm³/mol. The highest BCUT2D eigenvalue weighted by Gasteiger charge is 2.18. The standard InChI is InChI=1S/C17H20BrN3O2/c1-12-17(13-2-4-14(18)5-3-13)23-15(20-12)6-7-16(22)21-10-8-19-9-11-21/h2-5,19H,6-11H2,1H3. The first-order valence-electron chi connectivity index (χ1n) is 7.84. The zero-order chi connectivity index (χ0) is 16.2. The maximum Gasteiger partial charge on any atom is 0.223 e. The minimum absolute atomic E-state index is 0.174. The summed E-state index contributed by atoms with van der Waals surface area (Å²) in [5.74, 6) is 1.58. The summed E-state index contributed by atoms with van der Waals surface area (Å²) in [7, 11) is 0. The van der Waals surface area contributed by atoms with Crippen LogP contribution >= 0.6 is 15.9 Å². The lowest BCUT2D eigenvalue weighted by Gasteiger charge is -2.27. The monoisotopic (exact) mass is 377 g/mol. The molecule has 0 unspecified atom stereocenters. The van der Waals surface area contributed by atoms with E-state index in [0.717, 1.165) is 47.7 Å². The summed E-state index contributed by atoms with van der Waals surface area (Å²) in [6.07, 6.45) is 0.986. The maximum absolute atomic E-state index is 12.2. The SMILES string of the molecule is Cc1nc(CCC(=O)N2CCNCC2)oc1-c1ccc(Br)cc1. The maximum atomic E-state index is 12.2. The molecule has 3 rings (SSSR count). The Morgan fingerprint density at radius 2 is 2.00 bits per heavy atom. The molecule has 5 nitrogen and oxygen atoms in total. The fourth-order valence-electron chi connectivity index (χ4n) is 2.71. The van der Waals surface area contributed by atoms with Crippen LogP contribution in [0.15, 0.2) is 33.2 Å². The molecule has 1 amide bonds. The molecule has 1 aromatic heterocycles. The van der Waals surface area contributed by atoms with Crippen molar-refractivity contribution < 1.29 is 9.21 Å². The number of amides is 1. The average molecular weight is 378 g/mol. The van der Waals surface area contributed by atoms with Crippen LogP contribution in [0.1, 0.15) is 18.0 Å². The van der Waals surface area contributed by atoms with Crippen molar-refractivity contribution in [3.05, 3.63) is 40.3 Å². The Balaban J connectivity index is 1.64. The van der Waals surface area contributed by atoms with Crippen molar-refractivity contribution in [2.75, 3.05) is 26.2 Å². The Morgan fingerprint density at radius 1 is 1.30 bits per heavy atom. The second kappa shape index (κ2) is 7.27. The Bertz CT molecular complexity index is 676. The first-order valence-corrected chi connectivity index (χ1v) is 8.63. The molecule has 1 fully saturated rings. The number of aromatic nitrogens is 1. The molecule has 1 N–H and O–H groups in total. The number of carbonyl (C=O) groups excluding carboxylic acids is 1. The van der Waals surface area contributed by atoms with Gasteiger partial charge < -0.3 is 14.6 Å². The Morgan fingerprint density at radius 3 is 2.70 bits per heavy atom. The van der Waals surface area contributed by atoms with E-state index in [9.17, 15) is 4.79 Å². The molecule has 0 aliphatic carbocycles. The first-order chi connectivity index (χ1) is 11.1. The topological polar surface area (TPSA) is 58.4 Å². The van der Waals surface area contributed by atoms with Gasteiger partial charge in [0.2, 0.25) is 5.91 Å². The number of halogens is 1. The number of piperazine rings is 1. The van der Waals surface area contributed by atoms with Crippen LogP contribution in [0.4, 0.5) is 0 Å². The molecule has 2 heterocycles. The predicted octanol–water partition coefficient (Wildman–Crippen LogP) is 2.78. The van der Waals surface area contributed by atoms with Crippen LogP contribution in [0.25, 0.3) is 11.3 Å². The van der Waals surface area contributed by atoms with E-state index in [4.69, 9.17) is 4.42 Å². The van der Waals surface area contributed by atoms with E-state index in [1.807, 2.05) is 36.1 Å². The molecule has 1 aromatic carbocycles. The number of nitrogens with zero attached hydrogens (tertiary/aromatic N) is 2. The van der Waals surface area contributed by atoms with E-state index in [1.54, 1.807) is 0 Å². The van der Waals surface area contributed by atoms with Crippen molar-refractivity contribution in [2.45, 2.75) is 19.8 Å². The molecular formula is C17H20BrN3O2. The van der Waals surface area contributed by atoms with Crippen molar-refractivity contribution in [3.8, 4) is 11.3 Å². The summed E-state index contributed by atoms with van der Waals surface area (Å²) in [6, 6.07) is 7.94. The summed E-state index contributed by atoms with van der Waals surface area (Å²) >= 11 is 3.43. The smallest absolute Gasteiger partial charge is 0.223 e. The molecular weight excluding hydrogens is 358 g/mol. The van der Waals surface area contributed by atoms with Crippen molar-refractivity contribution >= 4 is 21.8 Å². The number of benzene rings is 1. The van der Waals surface area contributed by atoms with Crippen molar-refractivity contribution in [2.24, 2.45) is 0 Å². The van der Waals surface area contributed by atoms with Crippen LogP contribution in [-0.4, -0.2) is 42.0 Å². The molecule has 1 aliphatic rings. The Hall–Kier alpha value is -1.66. The quantitative estimate of drug-likeness (QED) is 0.889. The number of oxazole rings is 1. The zero-order valence-electron chi connectivity index (χ0n) is 13.1. The van der Waals surface area contributed by atoms with Gasteiger partial charge in [0.25, 0.3) is 0 Å². The first kappa shape index (κ1) is 16.2. The third-order valence-electron chi connectivity index (χ3n) is 3.97. The molecule has 0 saturated carbocycles. The van der Waals surface area contributed by atoms with Gasteiger partial charge in [-0.25, -0.2) is 4.98 Å². The van der Waals surface area contributed by atoms with E-state index in [-0.39, 0.29) is 5.91 Å². The fourth-order valence-corrected chi connectivity index (χ4v) is 2.98. The van der Waals surface area contributed by atoms with Gasteiger partial charge in [-0.2, -0.15) is 0 Å². The minimum Gasteiger partial charge on any atom is -0.440 e. The van der Waals surface area contributed by atoms with E-state index >= 15 is 0 Å². The van der Waals surface area contributed by atoms with Gasteiger partial charge >= 0.3 is 0 Å². The van der Waals surface area contributed by atoms with Crippen LogP contribution in [0.3, 0.4) is 0 Å². The third kappa shape index (κ3) is 4.00. The summed E-state index contributed by atoms with van der Waals surface area (Å²) in [4.78, 5) is 18.6. The van der Waals surface area contributed by atoms with Gasteiger partial charge in [0.05, 0.1) is 5.69 Å². The van der Waals surface area contributed by atoms with Gasteiger partial charge in [-0.3, -0.25) is 4.79 Å². The normalized spacial score (nSPS) is 15.0. The van der Waals surface area contributed by atoms with Gasteiger partial charge in [0.15, 0.2) is 11.7 Å². The molecule has 0 spiro atoms. The summed E-state index contributed by atoms with van der Waals surface area (Å²) in [5.41, 5.74) is 1.86. The van der Waals surface area contributed by atoms with Crippen LogP contribution in [-0.2, 0) is 11.2 Å². The molecule has 2 aromatic rings. The zero-order valence-corrected chi connectivity index (χ0v) is 14.7. The number of hydrogen-bond donors (Lipinski definition) is 1. The van der Waals surface area contributed by atoms with Gasteiger partial charge in [0, 0.05) is 49.1 Å². The summed E-state index contributed by atoms with van der Waals surface area (Å²) in [5, 5.41) is 3.25. The number of hydrogen-bond acceptors (Lipinski definition) is 4. The lowest BCUT2D eigenvalue weighted by molar-refractivity contribution is -0.131. The number of aryl methyl sites for hydroxylation is 2. The van der Waals surface area contributed by atoms with E-state index < -0.39 is 0 Å². The largest absolute Gasteiger partial charge is 0.440 e. The van der Waals surface area contributed by atoms with Crippen molar-refractivity contribution in [3.63, 3.8) is 0 Å². The highest BCUT2D eigenvalue weighted by molar-refractivity contribution is 9.10. The van der Waals surface area contributed by atoms with Crippen molar-refractivity contribution in [1.29, 1.82) is 0 Å². The summed E-state index contributed by atoms with van der Waals surface area (Å²) < 4.78 is 6.90. The Labute approximate surface area is 144 Å². The van der Waals surface area contributed by atoms with Gasteiger partial charge in [0.1, 0.15) is 0 Å². The molecule has 0 atom stereocenters. The highest BCUT2D eigenvalue weighted by Crippen LogP contribution is 2.26. The van der Waals surface area contributed by atoms with E-state index in [2.05, 4.69) is 26.2 Å². The van der Waals surface area contributed by atoms with Crippen LogP contribution in [0.5, 0.6) is 0 Å². The lowest BCUT2D eigenvalue weighted by Crippen LogP contribution is -2.46. The Kier molecular flexibility index (Phi) is 5.13. The minimum atomic E-state index is 0.174. The van der Waals surface area contributed by atoms with Crippen LogP contribution in [0, 0.1) is 6.92 Å². The highest BCUT2D eigenvalue weighted by atomic mass is 79.9. The third-order valence-corrected chi connectivity index (χ3v) is 4.50. The molecule has 0 radical (unpaired) electrons. The van der Waals surface area contributed by atoms with Gasteiger partial charge in [-0.1, -0.05) is 28.1 Å².